The van der Waals surface area contributed by atoms with Gasteiger partial charge in [0.05, 0.1) is 5.41 Å². The summed E-state index contributed by atoms with van der Waals surface area (Å²) in [6, 6.07) is 17.6. The zero-order valence-electron chi connectivity index (χ0n) is 15.6. The van der Waals surface area contributed by atoms with Gasteiger partial charge in [-0.05, 0) is 30.9 Å². The molecule has 2 aromatic carbocycles. The summed E-state index contributed by atoms with van der Waals surface area (Å²) >= 11 is 0. The maximum absolute atomic E-state index is 13.2. The second-order valence-corrected chi connectivity index (χ2v) is 6.88. The summed E-state index contributed by atoms with van der Waals surface area (Å²) in [5.41, 5.74) is 7.82. The molecule has 0 atom stereocenters. The van der Waals surface area contributed by atoms with Crippen LogP contribution >= 0.6 is 0 Å². The van der Waals surface area contributed by atoms with E-state index in [9.17, 15) is 4.79 Å². The molecule has 7 heteroatoms. The number of aryl methyl sites for hydroxylation is 1. The van der Waals surface area contributed by atoms with Gasteiger partial charge < -0.3 is 9.26 Å². The third-order valence-corrected chi connectivity index (χ3v) is 5.18. The normalized spacial score (nSPS) is 15.8. The van der Waals surface area contributed by atoms with E-state index < -0.39 is 5.41 Å². The number of hydrazine groups is 1. The van der Waals surface area contributed by atoms with Crippen molar-refractivity contribution in [3.8, 4) is 11.4 Å². The summed E-state index contributed by atoms with van der Waals surface area (Å²) in [7, 11) is 0. The largest absolute Gasteiger partial charge is 0.381 e. The fourth-order valence-corrected chi connectivity index (χ4v) is 3.66. The van der Waals surface area contributed by atoms with Gasteiger partial charge in [-0.3, -0.25) is 10.2 Å². The van der Waals surface area contributed by atoms with Crippen LogP contribution in [-0.4, -0.2) is 29.3 Å². The lowest BCUT2D eigenvalue weighted by atomic mass is 9.72. The van der Waals surface area contributed by atoms with Crippen LogP contribution in [0.5, 0.6) is 0 Å². The van der Waals surface area contributed by atoms with Crippen LogP contribution in [0.1, 0.15) is 24.0 Å². The van der Waals surface area contributed by atoms with Crippen LogP contribution in [-0.2, 0) is 14.9 Å². The van der Waals surface area contributed by atoms with E-state index in [-0.39, 0.29) is 11.9 Å². The Labute approximate surface area is 163 Å². The summed E-state index contributed by atoms with van der Waals surface area (Å²) < 4.78 is 10.7. The van der Waals surface area contributed by atoms with Crippen LogP contribution in [0, 0.1) is 6.92 Å². The molecule has 28 heavy (non-hydrogen) atoms. The molecule has 1 aromatic heterocycles. The topological polar surface area (TPSA) is 89.3 Å². The number of benzene rings is 2. The minimum Gasteiger partial charge on any atom is -0.381 e. The highest BCUT2D eigenvalue weighted by Gasteiger charge is 2.42. The first-order valence-electron chi connectivity index (χ1n) is 9.28. The molecule has 1 aliphatic heterocycles. The van der Waals surface area contributed by atoms with Gasteiger partial charge in [-0.15, -0.1) is 0 Å². The van der Waals surface area contributed by atoms with Gasteiger partial charge in [0.25, 0.3) is 0 Å². The van der Waals surface area contributed by atoms with E-state index in [4.69, 9.17) is 9.26 Å². The molecular formula is C21H22N4O3. The van der Waals surface area contributed by atoms with Crippen LogP contribution < -0.4 is 10.9 Å². The molecule has 144 valence electrons. The molecule has 1 saturated heterocycles. The van der Waals surface area contributed by atoms with Gasteiger partial charge in [0.2, 0.25) is 11.7 Å². The zero-order chi connectivity index (χ0) is 19.4. The van der Waals surface area contributed by atoms with Crippen molar-refractivity contribution in [2.75, 3.05) is 18.6 Å². The summed E-state index contributed by atoms with van der Waals surface area (Å²) in [4.78, 5) is 17.5. The number of rotatable bonds is 5. The number of amides is 1. The van der Waals surface area contributed by atoms with Crippen molar-refractivity contribution in [3.05, 3.63) is 65.7 Å². The van der Waals surface area contributed by atoms with E-state index >= 15 is 0 Å². The number of aromatic nitrogens is 2. The lowest BCUT2D eigenvalue weighted by molar-refractivity contribution is -0.130. The molecule has 1 fully saturated rings. The Morgan fingerprint density at radius 1 is 1.04 bits per heavy atom. The second-order valence-electron chi connectivity index (χ2n) is 6.88. The van der Waals surface area contributed by atoms with Crippen LogP contribution in [0.25, 0.3) is 11.4 Å². The third kappa shape index (κ3) is 3.48. The molecule has 0 saturated carbocycles. The van der Waals surface area contributed by atoms with E-state index in [0.717, 1.165) is 16.7 Å². The minimum atomic E-state index is -0.654. The molecular weight excluding hydrogens is 356 g/mol. The van der Waals surface area contributed by atoms with Crippen molar-refractivity contribution in [3.63, 3.8) is 0 Å². The van der Waals surface area contributed by atoms with E-state index in [1.807, 2.05) is 61.5 Å². The number of ether oxygens (including phenoxy) is 1. The van der Waals surface area contributed by atoms with Crippen molar-refractivity contribution in [2.45, 2.75) is 25.2 Å². The van der Waals surface area contributed by atoms with E-state index in [2.05, 4.69) is 21.0 Å². The van der Waals surface area contributed by atoms with Crippen molar-refractivity contribution in [1.82, 2.24) is 15.6 Å². The van der Waals surface area contributed by atoms with Crippen LogP contribution in [0.4, 0.5) is 6.01 Å². The Kier molecular flexibility index (Phi) is 5.08. The number of nitrogens with one attached hydrogen (secondary N) is 2. The van der Waals surface area contributed by atoms with Crippen LogP contribution in [0.3, 0.4) is 0 Å². The number of nitrogens with zero attached hydrogens (tertiary/aromatic N) is 2. The Hall–Kier alpha value is -3.19. The summed E-state index contributed by atoms with van der Waals surface area (Å²) in [5.74, 6) is 0.321. The van der Waals surface area contributed by atoms with Gasteiger partial charge in [0.15, 0.2) is 0 Å². The molecule has 2 heterocycles. The maximum atomic E-state index is 13.2. The van der Waals surface area contributed by atoms with Crippen molar-refractivity contribution in [1.29, 1.82) is 0 Å². The van der Waals surface area contributed by atoms with Crippen molar-refractivity contribution in [2.24, 2.45) is 0 Å². The fourth-order valence-electron chi connectivity index (χ4n) is 3.66. The van der Waals surface area contributed by atoms with Crippen LogP contribution in [0.15, 0.2) is 59.1 Å². The fraction of sp³-hybridized carbons (Fsp3) is 0.286. The molecule has 1 aliphatic rings. The molecule has 0 bridgehead atoms. The average Bonchev–Trinajstić information content (AvgIpc) is 3.22. The Balaban J connectivity index is 1.51. The van der Waals surface area contributed by atoms with Gasteiger partial charge in [0.1, 0.15) is 0 Å². The number of hydrogen-bond donors (Lipinski definition) is 2. The molecule has 3 aromatic rings. The first-order chi connectivity index (χ1) is 13.7. The molecule has 1 amide bonds. The predicted molar refractivity (Wildman–Crippen MR) is 104 cm³/mol. The molecule has 0 unspecified atom stereocenters. The number of carbonyl (C=O) groups is 1. The second kappa shape index (κ2) is 7.82. The molecule has 4 rings (SSSR count). The monoisotopic (exact) mass is 378 g/mol. The predicted octanol–water partition coefficient (Wildman–Crippen LogP) is 3.24. The number of anilines is 1. The summed E-state index contributed by atoms with van der Waals surface area (Å²) in [6.07, 6.45) is 1.23. The number of carbonyl (C=O) groups excluding carboxylic acids is 1. The Bertz CT molecular complexity index is 949. The first kappa shape index (κ1) is 18.2. The molecule has 0 aliphatic carbocycles. The highest BCUT2D eigenvalue weighted by Crippen LogP contribution is 2.37. The lowest BCUT2D eigenvalue weighted by Crippen LogP contribution is -2.50. The summed E-state index contributed by atoms with van der Waals surface area (Å²) in [6.45, 7) is 3.11. The SMILES string of the molecule is Cc1ccccc1C1(C(=O)NNc2nc(-c3ccccc3)no2)CCOCC1. The molecule has 0 radical (unpaired) electrons. The van der Waals surface area contributed by atoms with Gasteiger partial charge in [-0.25, -0.2) is 5.43 Å². The Morgan fingerprint density at radius 3 is 2.50 bits per heavy atom. The van der Waals surface area contributed by atoms with Crippen molar-refractivity contribution < 1.29 is 14.1 Å². The third-order valence-electron chi connectivity index (χ3n) is 5.18. The van der Waals surface area contributed by atoms with E-state index in [0.29, 0.717) is 31.9 Å². The standard InChI is InChI=1S/C21H22N4O3/c1-15-7-5-6-10-17(15)21(11-13-27-14-12-21)19(26)23-24-20-22-18(25-28-20)16-8-3-2-4-9-16/h2-10H,11-14H2,1H3,(H,23,26)(H,22,24,25). The van der Waals surface area contributed by atoms with Gasteiger partial charge in [0, 0.05) is 18.8 Å². The quantitative estimate of drug-likeness (QED) is 0.663. The summed E-state index contributed by atoms with van der Waals surface area (Å²) in [5, 5.41) is 3.95. The maximum Gasteiger partial charge on any atom is 0.340 e. The molecule has 0 spiro atoms. The Morgan fingerprint density at radius 2 is 1.75 bits per heavy atom. The highest BCUT2D eigenvalue weighted by atomic mass is 16.5. The van der Waals surface area contributed by atoms with Crippen LogP contribution in [0.2, 0.25) is 0 Å². The van der Waals surface area contributed by atoms with Gasteiger partial charge in [-0.1, -0.05) is 59.8 Å². The van der Waals surface area contributed by atoms with Gasteiger partial charge >= 0.3 is 6.01 Å². The van der Waals surface area contributed by atoms with Gasteiger partial charge in [-0.2, -0.15) is 4.98 Å². The molecule has 7 nitrogen and oxygen atoms in total. The minimum absolute atomic E-state index is 0.135. The first-order valence-corrected chi connectivity index (χ1v) is 9.28. The molecule has 2 N–H and O–H groups in total. The van der Waals surface area contributed by atoms with E-state index in [1.54, 1.807) is 0 Å². The van der Waals surface area contributed by atoms with Crippen molar-refractivity contribution >= 4 is 11.9 Å². The average molecular weight is 378 g/mol. The zero-order valence-corrected chi connectivity index (χ0v) is 15.6. The smallest absolute Gasteiger partial charge is 0.340 e. The lowest BCUT2D eigenvalue weighted by Gasteiger charge is -2.37. The van der Waals surface area contributed by atoms with E-state index in [1.165, 1.54) is 0 Å². The number of hydrogen-bond acceptors (Lipinski definition) is 6. The highest BCUT2D eigenvalue weighted by molar-refractivity contribution is 5.89.